The summed E-state index contributed by atoms with van der Waals surface area (Å²) in [6, 6.07) is 19.8. The summed E-state index contributed by atoms with van der Waals surface area (Å²) < 4.78 is 2.65. The average Bonchev–Trinajstić information content (AvgIpc) is 2.91. The molecule has 2 heterocycles. The second-order valence-electron chi connectivity index (χ2n) is 7.05. The van der Waals surface area contributed by atoms with Gasteiger partial charge >= 0.3 is 0 Å². The van der Waals surface area contributed by atoms with E-state index in [1.807, 2.05) is 11.8 Å². The summed E-state index contributed by atoms with van der Waals surface area (Å²) in [6.07, 6.45) is 6.67. The van der Waals surface area contributed by atoms with Crippen LogP contribution in [0.4, 0.5) is 0 Å². The molecule has 0 spiro atoms. The lowest BCUT2D eigenvalue weighted by Crippen LogP contribution is -2.43. The summed E-state index contributed by atoms with van der Waals surface area (Å²) in [6.45, 7) is 4.80. The molecule has 0 fully saturated rings. The van der Waals surface area contributed by atoms with Crippen LogP contribution in [0.15, 0.2) is 64.4 Å². The normalized spacial score (nSPS) is 18.0. The smallest absolute Gasteiger partial charge is 0.247 e. The lowest BCUT2D eigenvalue weighted by atomic mass is 10.1. The zero-order valence-corrected chi connectivity index (χ0v) is 15.7. The Morgan fingerprint density at radius 2 is 1.56 bits per heavy atom. The van der Waals surface area contributed by atoms with Gasteiger partial charge in [0.2, 0.25) is 5.84 Å². The quantitative estimate of drug-likeness (QED) is 0.713. The van der Waals surface area contributed by atoms with Crippen LogP contribution in [0.5, 0.6) is 0 Å². The largest absolute Gasteiger partial charge is 0.266 e. The molecule has 0 bridgehead atoms. The van der Waals surface area contributed by atoms with E-state index in [0.717, 1.165) is 6.54 Å². The highest BCUT2D eigenvalue weighted by Gasteiger charge is 2.28. The molecule has 2 aliphatic heterocycles. The Kier molecular flexibility index (Phi) is 5.41. The first-order chi connectivity index (χ1) is 12.4. The van der Waals surface area contributed by atoms with Gasteiger partial charge in [-0.25, -0.2) is 0 Å². The molecule has 2 aromatic rings. The topological polar surface area (TPSA) is 6.25 Å². The van der Waals surface area contributed by atoms with Crippen LogP contribution in [0.3, 0.4) is 0 Å². The average molecular weight is 352 g/mol. The van der Waals surface area contributed by atoms with Gasteiger partial charge in [0.25, 0.3) is 0 Å². The first-order valence-corrected chi connectivity index (χ1v) is 10.4. The van der Waals surface area contributed by atoms with Crippen LogP contribution in [-0.4, -0.2) is 34.9 Å². The first-order valence-electron chi connectivity index (χ1n) is 9.56. The minimum Gasteiger partial charge on any atom is -0.266 e. The highest BCUT2D eigenvalue weighted by atomic mass is 32.2. The summed E-state index contributed by atoms with van der Waals surface area (Å²) in [5, 5.41) is 0. The molecule has 0 N–H and O–H groups in total. The van der Waals surface area contributed by atoms with Gasteiger partial charge in [0.1, 0.15) is 6.54 Å². The summed E-state index contributed by atoms with van der Waals surface area (Å²) in [4.78, 5) is 5.25. The highest BCUT2D eigenvalue weighted by Crippen LogP contribution is 2.27. The number of nitrogens with zero attached hydrogens (tertiary/aromatic N) is 2. The molecule has 2 aliphatic rings. The van der Waals surface area contributed by atoms with Crippen LogP contribution in [-0.2, 0) is 6.54 Å². The fourth-order valence-corrected chi connectivity index (χ4v) is 4.75. The van der Waals surface area contributed by atoms with Crippen molar-refractivity contribution in [3.8, 4) is 0 Å². The Morgan fingerprint density at radius 3 is 2.40 bits per heavy atom. The van der Waals surface area contributed by atoms with Gasteiger partial charge in [-0.2, -0.15) is 0 Å². The van der Waals surface area contributed by atoms with Crippen molar-refractivity contribution in [1.82, 2.24) is 4.90 Å². The Hall–Kier alpha value is -1.74. The minimum absolute atomic E-state index is 1.06. The van der Waals surface area contributed by atoms with E-state index in [1.165, 1.54) is 67.1 Å². The van der Waals surface area contributed by atoms with Crippen molar-refractivity contribution in [2.45, 2.75) is 48.4 Å². The molecular formula is C22H27N2S+. The van der Waals surface area contributed by atoms with Crippen molar-refractivity contribution in [2.24, 2.45) is 0 Å². The van der Waals surface area contributed by atoms with Crippen molar-refractivity contribution >= 4 is 17.6 Å². The zero-order chi connectivity index (χ0) is 16.9. The third kappa shape index (κ3) is 4.27. The SMILES string of the molecule is c1ccc(Sc2ccc(CN3CCC[N+]4=C3CCCCC4)cc2)cc1. The van der Waals surface area contributed by atoms with Gasteiger partial charge in [-0.1, -0.05) is 42.1 Å². The fourth-order valence-electron chi connectivity index (χ4n) is 3.91. The van der Waals surface area contributed by atoms with E-state index in [-0.39, 0.29) is 0 Å². The molecular weight excluding hydrogens is 324 g/mol. The molecule has 25 heavy (non-hydrogen) atoms. The van der Waals surface area contributed by atoms with Crippen LogP contribution in [0.25, 0.3) is 0 Å². The maximum atomic E-state index is 2.65. The van der Waals surface area contributed by atoms with Gasteiger partial charge in [0, 0.05) is 22.6 Å². The molecule has 0 radical (unpaired) electrons. The summed E-state index contributed by atoms with van der Waals surface area (Å²) >= 11 is 1.84. The second-order valence-corrected chi connectivity index (χ2v) is 8.20. The van der Waals surface area contributed by atoms with Crippen LogP contribution >= 0.6 is 11.8 Å². The monoisotopic (exact) mass is 351 g/mol. The van der Waals surface area contributed by atoms with E-state index in [4.69, 9.17) is 0 Å². The predicted molar refractivity (Wildman–Crippen MR) is 106 cm³/mol. The lowest BCUT2D eigenvalue weighted by molar-refractivity contribution is -0.539. The van der Waals surface area contributed by atoms with E-state index in [1.54, 1.807) is 5.84 Å². The van der Waals surface area contributed by atoms with Crippen LogP contribution in [0, 0.1) is 0 Å². The maximum Gasteiger partial charge on any atom is 0.247 e. The van der Waals surface area contributed by atoms with E-state index in [2.05, 4.69) is 64.1 Å². The molecule has 0 unspecified atom stereocenters. The number of hydrogen-bond acceptors (Lipinski definition) is 2. The fraction of sp³-hybridized carbons (Fsp3) is 0.409. The number of rotatable bonds is 4. The maximum absolute atomic E-state index is 2.65. The molecule has 0 saturated heterocycles. The van der Waals surface area contributed by atoms with E-state index < -0.39 is 0 Å². The van der Waals surface area contributed by atoms with Crippen molar-refractivity contribution < 1.29 is 4.58 Å². The van der Waals surface area contributed by atoms with E-state index in [0.29, 0.717) is 0 Å². The molecule has 2 aromatic carbocycles. The number of hydrogen-bond donors (Lipinski definition) is 0. The lowest BCUT2D eigenvalue weighted by Gasteiger charge is -2.26. The molecule has 0 aromatic heterocycles. The van der Waals surface area contributed by atoms with Crippen molar-refractivity contribution in [3.05, 3.63) is 60.2 Å². The number of amidine groups is 1. The van der Waals surface area contributed by atoms with Crippen molar-refractivity contribution in [3.63, 3.8) is 0 Å². The zero-order valence-electron chi connectivity index (χ0n) is 14.9. The molecule has 0 atom stereocenters. The Labute approximate surface area is 155 Å². The Morgan fingerprint density at radius 1 is 0.800 bits per heavy atom. The summed E-state index contributed by atoms with van der Waals surface area (Å²) in [5.74, 6) is 1.60. The minimum atomic E-state index is 1.06. The molecule has 3 heteroatoms. The van der Waals surface area contributed by atoms with Gasteiger partial charge in [-0.3, -0.25) is 9.48 Å². The highest BCUT2D eigenvalue weighted by molar-refractivity contribution is 7.99. The molecule has 130 valence electrons. The standard InChI is InChI=1S/C22H27N2S/c1-3-8-20(9-4-1)25-21-13-11-19(12-14-21)18-24-17-7-16-23-15-6-2-5-10-22(23)24/h1,3-4,8-9,11-14H,2,5-7,10,15-18H2/q+1. The van der Waals surface area contributed by atoms with Gasteiger partial charge < -0.3 is 0 Å². The summed E-state index contributed by atoms with van der Waals surface area (Å²) in [7, 11) is 0. The molecule has 4 rings (SSSR count). The van der Waals surface area contributed by atoms with Crippen LogP contribution in [0.1, 0.15) is 37.7 Å². The van der Waals surface area contributed by atoms with Crippen molar-refractivity contribution in [2.75, 3.05) is 19.6 Å². The molecule has 0 saturated carbocycles. The van der Waals surface area contributed by atoms with E-state index >= 15 is 0 Å². The Balaban J connectivity index is 1.44. The Bertz CT molecular complexity index is 721. The van der Waals surface area contributed by atoms with Crippen molar-refractivity contribution in [1.29, 1.82) is 0 Å². The predicted octanol–water partition coefficient (Wildman–Crippen LogP) is 5.03. The molecule has 0 amide bonds. The van der Waals surface area contributed by atoms with Crippen LogP contribution < -0.4 is 0 Å². The molecule has 2 nitrogen and oxygen atoms in total. The van der Waals surface area contributed by atoms with Gasteiger partial charge in [-0.15, -0.1) is 0 Å². The second kappa shape index (κ2) is 8.09. The van der Waals surface area contributed by atoms with Crippen LogP contribution in [0.2, 0.25) is 0 Å². The van der Waals surface area contributed by atoms with Gasteiger partial charge in [0.05, 0.1) is 19.6 Å². The van der Waals surface area contributed by atoms with E-state index in [9.17, 15) is 0 Å². The number of benzene rings is 2. The van der Waals surface area contributed by atoms with Gasteiger partial charge in [0.15, 0.2) is 0 Å². The van der Waals surface area contributed by atoms with Gasteiger partial charge in [-0.05, 0) is 49.1 Å². The molecule has 0 aliphatic carbocycles. The third-order valence-electron chi connectivity index (χ3n) is 5.19. The third-order valence-corrected chi connectivity index (χ3v) is 6.21. The first kappa shape index (κ1) is 16.7. The summed E-state index contributed by atoms with van der Waals surface area (Å²) in [5.41, 5.74) is 1.43.